The minimum atomic E-state index is -0.187. The molecule has 0 aliphatic carbocycles. The van der Waals surface area contributed by atoms with Gasteiger partial charge in [-0.15, -0.1) is 0 Å². The summed E-state index contributed by atoms with van der Waals surface area (Å²) in [7, 11) is 1.94. The molecule has 2 unspecified atom stereocenters. The van der Waals surface area contributed by atoms with E-state index in [0.717, 1.165) is 17.7 Å². The molecule has 20 heavy (non-hydrogen) atoms. The number of nitrogens with zero attached hydrogens (tertiary/aromatic N) is 2. The number of hydrogen-bond donors (Lipinski definition) is 1. The van der Waals surface area contributed by atoms with Gasteiger partial charge >= 0.3 is 0 Å². The van der Waals surface area contributed by atoms with Gasteiger partial charge in [0, 0.05) is 30.4 Å². The van der Waals surface area contributed by atoms with Crippen molar-refractivity contribution in [2.75, 3.05) is 0 Å². The Morgan fingerprint density at radius 3 is 2.70 bits per heavy atom. The van der Waals surface area contributed by atoms with Crippen LogP contribution in [-0.2, 0) is 7.05 Å². The second-order valence-electron chi connectivity index (χ2n) is 5.21. The van der Waals surface area contributed by atoms with Crippen molar-refractivity contribution in [3.05, 3.63) is 53.1 Å². The molecule has 0 spiro atoms. The fourth-order valence-corrected chi connectivity index (χ4v) is 2.51. The van der Waals surface area contributed by atoms with E-state index in [2.05, 4.69) is 31.2 Å². The molecule has 0 aliphatic heterocycles. The van der Waals surface area contributed by atoms with Crippen molar-refractivity contribution < 1.29 is 4.39 Å². The first-order chi connectivity index (χ1) is 9.52. The molecule has 3 nitrogen and oxygen atoms in total. The average Bonchev–Trinajstić information content (AvgIpc) is 2.76. The lowest BCUT2D eigenvalue weighted by molar-refractivity contribution is 0.453. The molecule has 1 aromatic heterocycles. The zero-order valence-corrected chi connectivity index (χ0v) is 12.5. The van der Waals surface area contributed by atoms with Crippen molar-refractivity contribution in [3.63, 3.8) is 0 Å². The molecule has 0 aliphatic rings. The van der Waals surface area contributed by atoms with Crippen LogP contribution in [0.4, 0.5) is 4.39 Å². The van der Waals surface area contributed by atoms with Crippen LogP contribution >= 0.6 is 0 Å². The van der Waals surface area contributed by atoms with E-state index in [9.17, 15) is 4.39 Å². The summed E-state index contributed by atoms with van der Waals surface area (Å²) in [6.07, 6.45) is 2.80. The molecule has 2 aromatic rings. The third-order valence-corrected chi connectivity index (χ3v) is 3.85. The third-order valence-electron chi connectivity index (χ3n) is 3.85. The van der Waals surface area contributed by atoms with E-state index in [-0.39, 0.29) is 17.9 Å². The van der Waals surface area contributed by atoms with Crippen LogP contribution < -0.4 is 5.32 Å². The highest BCUT2D eigenvalue weighted by Gasteiger charge is 2.17. The summed E-state index contributed by atoms with van der Waals surface area (Å²) >= 11 is 0. The first-order valence-electron chi connectivity index (χ1n) is 7.03. The number of aromatic nitrogens is 2. The second-order valence-corrected chi connectivity index (χ2v) is 5.21. The predicted molar refractivity (Wildman–Crippen MR) is 78.9 cm³/mol. The van der Waals surface area contributed by atoms with Crippen LogP contribution in [0.3, 0.4) is 0 Å². The van der Waals surface area contributed by atoms with Gasteiger partial charge in [0.2, 0.25) is 0 Å². The molecule has 0 saturated heterocycles. The topological polar surface area (TPSA) is 29.9 Å². The normalized spacial score (nSPS) is 14.2. The fraction of sp³-hybridized carbons (Fsp3) is 0.438. The van der Waals surface area contributed by atoms with E-state index in [1.807, 2.05) is 24.0 Å². The number of benzene rings is 1. The van der Waals surface area contributed by atoms with E-state index in [1.165, 1.54) is 11.6 Å². The Balaban J connectivity index is 2.16. The number of hydrogen-bond acceptors (Lipinski definition) is 2. The summed E-state index contributed by atoms with van der Waals surface area (Å²) in [5.41, 5.74) is 3.32. The molecule has 4 heteroatoms. The summed E-state index contributed by atoms with van der Waals surface area (Å²) in [6.45, 7) is 6.28. The summed E-state index contributed by atoms with van der Waals surface area (Å²) in [4.78, 5) is 0. The van der Waals surface area contributed by atoms with Crippen molar-refractivity contribution in [3.8, 4) is 0 Å². The number of rotatable bonds is 5. The standard InChI is InChI=1S/C16H22FN3/c1-5-16(13-7-6-8-14(17)9-13)19-11(2)15-10-18-20(4)12(15)3/h6-11,16,19H,5H2,1-4H3. The maximum atomic E-state index is 13.4. The highest BCUT2D eigenvalue weighted by atomic mass is 19.1. The van der Waals surface area contributed by atoms with E-state index in [0.29, 0.717) is 0 Å². The third kappa shape index (κ3) is 3.07. The Hall–Kier alpha value is -1.68. The molecule has 0 amide bonds. The van der Waals surface area contributed by atoms with Gasteiger partial charge < -0.3 is 5.32 Å². The van der Waals surface area contributed by atoms with Gasteiger partial charge in [0.15, 0.2) is 0 Å². The van der Waals surface area contributed by atoms with E-state index in [4.69, 9.17) is 0 Å². The molecule has 0 bridgehead atoms. The average molecular weight is 275 g/mol. The van der Waals surface area contributed by atoms with Gasteiger partial charge in [-0.2, -0.15) is 5.10 Å². The second kappa shape index (κ2) is 6.18. The monoisotopic (exact) mass is 275 g/mol. The highest BCUT2D eigenvalue weighted by Crippen LogP contribution is 2.24. The van der Waals surface area contributed by atoms with Crippen LogP contribution in [0.2, 0.25) is 0 Å². The van der Waals surface area contributed by atoms with Gasteiger partial charge in [-0.05, 0) is 38.0 Å². The molecule has 108 valence electrons. The molecule has 1 aromatic carbocycles. The van der Waals surface area contributed by atoms with E-state index < -0.39 is 0 Å². The van der Waals surface area contributed by atoms with Gasteiger partial charge in [-0.3, -0.25) is 4.68 Å². The smallest absolute Gasteiger partial charge is 0.123 e. The zero-order chi connectivity index (χ0) is 14.7. The summed E-state index contributed by atoms with van der Waals surface area (Å²) in [6, 6.07) is 7.12. The largest absolute Gasteiger partial charge is 0.303 e. The predicted octanol–water partition coefficient (Wildman–Crippen LogP) is 3.67. The highest BCUT2D eigenvalue weighted by molar-refractivity contribution is 5.23. The molecule has 0 radical (unpaired) electrons. The molecule has 0 fully saturated rings. The Bertz CT molecular complexity index is 577. The lowest BCUT2D eigenvalue weighted by Gasteiger charge is -2.23. The zero-order valence-electron chi connectivity index (χ0n) is 12.5. The first kappa shape index (κ1) is 14.7. The van der Waals surface area contributed by atoms with Crippen molar-refractivity contribution >= 4 is 0 Å². The van der Waals surface area contributed by atoms with Crippen LogP contribution in [0.5, 0.6) is 0 Å². The summed E-state index contributed by atoms with van der Waals surface area (Å²) in [5.74, 6) is -0.187. The van der Waals surface area contributed by atoms with Gasteiger partial charge in [-0.25, -0.2) is 4.39 Å². The quantitative estimate of drug-likeness (QED) is 0.902. The Kier molecular flexibility index (Phi) is 4.55. The van der Waals surface area contributed by atoms with Crippen molar-refractivity contribution in [2.45, 2.75) is 39.3 Å². The van der Waals surface area contributed by atoms with Crippen LogP contribution in [0.15, 0.2) is 30.5 Å². The van der Waals surface area contributed by atoms with E-state index >= 15 is 0 Å². The molecular weight excluding hydrogens is 253 g/mol. The SMILES string of the molecule is CCC(NC(C)c1cnn(C)c1C)c1cccc(F)c1. The number of halogens is 1. The molecule has 2 rings (SSSR count). The van der Waals surface area contributed by atoms with Crippen molar-refractivity contribution in [1.29, 1.82) is 0 Å². The lowest BCUT2D eigenvalue weighted by Crippen LogP contribution is -2.24. The van der Waals surface area contributed by atoms with Gasteiger partial charge in [0.25, 0.3) is 0 Å². The van der Waals surface area contributed by atoms with Gasteiger partial charge in [-0.1, -0.05) is 19.1 Å². The Morgan fingerprint density at radius 1 is 1.40 bits per heavy atom. The minimum Gasteiger partial charge on any atom is -0.303 e. The van der Waals surface area contributed by atoms with Gasteiger partial charge in [0.1, 0.15) is 5.82 Å². The van der Waals surface area contributed by atoms with Crippen molar-refractivity contribution in [1.82, 2.24) is 15.1 Å². The van der Waals surface area contributed by atoms with E-state index in [1.54, 1.807) is 12.1 Å². The summed E-state index contributed by atoms with van der Waals surface area (Å²) < 4.78 is 15.2. The fourth-order valence-electron chi connectivity index (χ4n) is 2.51. The van der Waals surface area contributed by atoms with Crippen LogP contribution in [0.25, 0.3) is 0 Å². The van der Waals surface area contributed by atoms with Crippen molar-refractivity contribution in [2.24, 2.45) is 7.05 Å². The lowest BCUT2D eigenvalue weighted by atomic mass is 10.0. The van der Waals surface area contributed by atoms with Crippen LogP contribution in [0.1, 0.15) is 49.2 Å². The number of aryl methyl sites for hydroxylation is 1. The maximum absolute atomic E-state index is 13.4. The maximum Gasteiger partial charge on any atom is 0.123 e. The molecule has 2 atom stereocenters. The molecule has 1 N–H and O–H groups in total. The van der Waals surface area contributed by atoms with Gasteiger partial charge in [0.05, 0.1) is 6.20 Å². The minimum absolute atomic E-state index is 0.139. The Morgan fingerprint density at radius 2 is 2.15 bits per heavy atom. The number of nitrogens with one attached hydrogen (secondary N) is 1. The summed E-state index contributed by atoms with van der Waals surface area (Å²) in [5, 5.41) is 7.83. The Labute approximate surface area is 119 Å². The molecule has 0 saturated carbocycles. The molecule has 1 heterocycles. The first-order valence-corrected chi connectivity index (χ1v) is 7.03. The van der Waals surface area contributed by atoms with Crippen LogP contribution in [0, 0.1) is 12.7 Å². The van der Waals surface area contributed by atoms with Crippen LogP contribution in [-0.4, -0.2) is 9.78 Å². The molecular formula is C16H22FN3.